The molecule has 0 bridgehead atoms. The van der Waals surface area contributed by atoms with Gasteiger partial charge in [0.25, 0.3) is 5.69 Å². The van der Waals surface area contributed by atoms with E-state index in [1.54, 1.807) is 19.2 Å². The molecule has 0 fully saturated rings. The number of rotatable bonds is 6. The van der Waals surface area contributed by atoms with Crippen LogP contribution < -0.4 is 4.90 Å². The van der Waals surface area contributed by atoms with E-state index < -0.39 is 4.92 Å². The molecule has 2 rings (SSSR count). The van der Waals surface area contributed by atoms with Gasteiger partial charge in [0.1, 0.15) is 0 Å². The number of nitrogens with zero attached hydrogens (tertiary/aromatic N) is 3. The van der Waals surface area contributed by atoms with Gasteiger partial charge in [-0.25, -0.2) is 0 Å². The minimum atomic E-state index is -0.461. The van der Waals surface area contributed by atoms with Crippen molar-refractivity contribution in [1.82, 2.24) is 4.90 Å². The number of hydrogen-bond donors (Lipinski definition) is 0. The Bertz CT molecular complexity index is 717. The number of nitro groups is 1. The first-order valence-corrected chi connectivity index (χ1v) is 8.10. The highest BCUT2D eigenvalue weighted by Crippen LogP contribution is 2.18. The number of halogens is 1. The number of non-ortho nitro benzene ring substituents is 1. The molecule has 0 unspecified atom stereocenters. The minimum Gasteiger partial charge on any atom is -0.314 e. The molecule has 0 radical (unpaired) electrons. The zero-order valence-electron chi connectivity index (χ0n) is 13.5. The molecular weight excluding hydrogens is 374 g/mol. The third-order valence-corrected chi connectivity index (χ3v) is 4.12. The summed E-state index contributed by atoms with van der Waals surface area (Å²) in [7, 11) is 3.54. The van der Waals surface area contributed by atoms with Gasteiger partial charge in [-0.05, 0) is 36.9 Å². The molecule has 0 aliphatic carbocycles. The van der Waals surface area contributed by atoms with Crippen LogP contribution in [-0.4, -0.2) is 36.4 Å². The van der Waals surface area contributed by atoms with Crippen LogP contribution in [0.2, 0.25) is 0 Å². The summed E-state index contributed by atoms with van der Waals surface area (Å²) in [6.45, 7) is 0.913. The Morgan fingerprint density at radius 3 is 2.21 bits per heavy atom. The lowest BCUT2D eigenvalue weighted by molar-refractivity contribution is -0.384. The van der Waals surface area contributed by atoms with Gasteiger partial charge in [0.15, 0.2) is 0 Å². The molecule has 0 aliphatic heterocycles. The van der Waals surface area contributed by atoms with Crippen LogP contribution in [0.4, 0.5) is 11.4 Å². The second kappa shape index (κ2) is 8.03. The summed E-state index contributed by atoms with van der Waals surface area (Å²) < 4.78 is 1.02. The van der Waals surface area contributed by atoms with E-state index in [4.69, 9.17) is 0 Å². The van der Waals surface area contributed by atoms with Gasteiger partial charge in [0, 0.05) is 35.9 Å². The number of likely N-dealkylation sites (N-methyl/N-ethyl adjacent to an activating group) is 2. The largest absolute Gasteiger partial charge is 0.314 e. The lowest BCUT2D eigenvalue weighted by Gasteiger charge is -2.22. The lowest BCUT2D eigenvalue weighted by Crippen LogP contribution is -2.36. The fraction of sp³-hybridized carbons (Fsp3) is 0.235. The van der Waals surface area contributed by atoms with Crippen molar-refractivity contribution in [3.05, 3.63) is 68.7 Å². The first kappa shape index (κ1) is 18.1. The second-order valence-electron chi connectivity index (χ2n) is 5.53. The minimum absolute atomic E-state index is 0.00644. The molecule has 1 amide bonds. The topological polar surface area (TPSA) is 66.7 Å². The van der Waals surface area contributed by atoms with Crippen molar-refractivity contribution < 1.29 is 9.72 Å². The Kier molecular flexibility index (Phi) is 6.05. The first-order valence-electron chi connectivity index (χ1n) is 7.31. The van der Waals surface area contributed by atoms with Crippen molar-refractivity contribution in [2.75, 3.05) is 25.5 Å². The molecule has 0 heterocycles. The normalized spacial score (nSPS) is 10.7. The molecular formula is C17H18BrN3O3. The zero-order valence-corrected chi connectivity index (χ0v) is 15.1. The summed E-state index contributed by atoms with van der Waals surface area (Å²) in [6, 6.07) is 13.9. The summed E-state index contributed by atoms with van der Waals surface area (Å²) in [6.07, 6.45) is 0. The molecule has 0 atom stereocenters. The van der Waals surface area contributed by atoms with E-state index in [2.05, 4.69) is 15.9 Å². The predicted molar refractivity (Wildman–Crippen MR) is 97.0 cm³/mol. The number of benzene rings is 2. The quantitative estimate of drug-likeness (QED) is 0.558. The van der Waals surface area contributed by atoms with Crippen molar-refractivity contribution in [3.8, 4) is 0 Å². The maximum absolute atomic E-state index is 12.4. The Labute approximate surface area is 149 Å². The third-order valence-electron chi connectivity index (χ3n) is 3.59. The Morgan fingerprint density at radius 1 is 1.08 bits per heavy atom. The van der Waals surface area contributed by atoms with E-state index in [1.165, 1.54) is 17.0 Å². The zero-order chi connectivity index (χ0) is 17.7. The fourth-order valence-electron chi connectivity index (χ4n) is 2.24. The highest BCUT2D eigenvalue weighted by Gasteiger charge is 2.15. The van der Waals surface area contributed by atoms with Crippen LogP contribution in [0.25, 0.3) is 0 Å². The van der Waals surface area contributed by atoms with E-state index in [9.17, 15) is 14.9 Å². The molecule has 2 aromatic rings. The highest BCUT2D eigenvalue weighted by molar-refractivity contribution is 9.10. The summed E-state index contributed by atoms with van der Waals surface area (Å²) in [5, 5.41) is 10.7. The molecule has 24 heavy (non-hydrogen) atoms. The van der Waals surface area contributed by atoms with Gasteiger partial charge in [-0.15, -0.1) is 0 Å². The van der Waals surface area contributed by atoms with Gasteiger partial charge in [0.05, 0.1) is 11.5 Å². The molecule has 0 saturated carbocycles. The number of hydrogen-bond acceptors (Lipinski definition) is 4. The van der Waals surface area contributed by atoms with Crippen molar-refractivity contribution in [2.24, 2.45) is 0 Å². The van der Waals surface area contributed by atoms with E-state index in [0.29, 0.717) is 12.2 Å². The molecule has 6 nitrogen and oxygen atoms in total. The summed E-state index contributed by atoms with van der Waals surface area (Å²) in [5.41, 5.74) is 1.75. The van der Waals surface area contributed by atoms with Gasteiger partial charge in [0.2, 0.25) is 5.91 Å². The second-order valence-corrected chi connectivity index (χ2v) is 6.44. The van der Waals surface area contributed by atoms with Gasteiger partial charge in [-0.2, -0.15) is 0 Å². The van der Waals surface area contributed by atoms with Crippen LogP contribution in [0, 0.1) is 10.1 Å². The van der Waals surface area contributed by atoms with Crippen LogP contribution in [0.3, 0.4) is 0 Å². The van der Waals surface area contributed by atoms with Crippen molar-refractivity contribution in [1.29, 1.82) is 0 Å². The smallest absolute Gasteiger partial charge is 0.269 e. The SMILES string of the molecule is CN(CC(=O)N(C)c1ccc([N+](=O)[O-])cc1)Cc1ccc(Br)cc1. The van der Waals surface area contributed by atoms with Crippen LogP contribution in [0.1, 0.15) is 5.56 Å². The average molecular weight is 392 g/mol. The predicted octanol–water partition coefficient (Wildman–Crippen LogP) is 3.45. The van der Waals surface area contributed by atoms with Gasteiger partial charge in [-0.1, -0.05) is 28.1 Å². The summed E-state index contributed by atoms with van der Waals surface area (Å²) in [5.74, 6) is -0.0801. The van der Waals surface area contributed by atoms with E-state index in [1.807, 2.05) is 36.2 Å². The molecule has 7 heteroatoms. The third kappa shape index (κ3) is 4.87. The first-order chi connectivity index (χ1) is 11.4. The van der Waals surface area contributed by atoms with Crippen LogP contribution in [0.5, 0.6) is 0 Å². The van der Waals surface area contributed by atoms with Crippen molar-refractivity contribution in [2.45, 2.75) is 6.54 Å². The Morgan fingerprint density at radius 2 is 1.67 bits per heavy atom. The van der Waals surface area contributed by atoms with E-state index >= 15 is 0 Å². The monoisotopic (exact) mass is 391 g/mol. The number of anilines is 1. The number of nitro benzene ring substituents is 1. The highest BCUT2D eigenvalue weighted by atomic mass is 79.9. The molecule has 0 spiro atoms. The van der Waals surface area contributed by atoms with Crippen molar-refractivity contribution in [3.63, 3.8) is 0 Å². The van der Waals surface area contributed by atoms with Crippen molar-refractivity contribution >= 4 is 33.2 Å². The molecule has 126 valence electrons. The summed E-state index contributed by atoms with van der Waals surface area (Å²) >= 11 is 3.39. The van der Waals surface area contributed by atoms with E-state index in [-0.39, 0.29) is 18.1 Å². The van der Waals surface area contributed by atoms with E-state index in [0.717, 1.165) is 10.0 Å². The number of amides is 1. The lowest BCUT2D eigenvalue weighted by atomic mass is 10.2. The Balaban J connectivity index is 1.95. The standard InChI is InChI=1S/C17H18BrN3O3/c1-19(11-13-3-5-14(18)6-4-13)12-17(22)20(2)15-7-9-16(10-8-15)21(23)24/h3-10H,11-12H2,1-2H3. The average Bonchev–Trinajstić information content (AvgIpc) is 2.56. The van der Waals surface area contributed by atoms with Gasteiger partial charge in [-0.3, -0.25) is 19.8 Å². The van der Waals surface area contributed by atoms with Gasteiger partial charge >= 0.3 is 0 Å². The van der Waals surface area contributed by atoms with Crippen LogP contribution in [0.15, 0.2) is 53.0 Å². The molecule has 0 aromatic heterocycles. The number of carbonyl (C=O) groups is 1. The molecule has 0 saturated heterocycles. The number of carbonyl (C=O) groups excluding carboxylic acids is 1. The van der Waals surface area contributed by atoms with Crippen LogP contribution >= 0.6 is 15.9 Å². The van der Waals surface area contributed by atoms with Gasteiger partial charge < -0.3 is 4.90 Å². The Hall–Kier alpha value is -2.25. The summed E-state index contributed by atoms with van der Waals surface area (Å²) in [4.78, 5) is 26.0. The maximum atomic E-state index is 12.4. The molecule has 2 aromatic carbocycles. The maximum Gasteiger partial charge on any atom is 0.269 e. The fourth-order valence-corrected chi connectivity index (χ4v) is 2.50. The van der Waals surface area contributed by atoms with Crippen LogP contribution in [-0.2, 0) is 11.3 Å². The molecule has 0 aliphatic rings. The molecule has 0 N–H and O–H groups in total.